The summed E-state index contributed by atoms with van der Waals surface area (Å²) in [6.07, 6.45) is 8.99. The van der Waals surface area contributed by atoms with Crippen LogP contribution in [0.3, 0.4) is 0 Å². The van der Waals surface area contributed by atoms with Crippen molar-refractivity contribution in [3.05, 3.63) is 60.6 Å². The summed E-state index contributed by atoms with van der Waals surface area (Å²) < 4.78 is 5.36. The number of likely N-dealkylation sites (tertiary alicyclic amines) is 1. The van der Waals surface area contributed by atoms with Crippen LogP contribution in [0, 0.1) is 0 Å². The highest BCUT2D eigenvalue weighted by atomic mass is 16.3. The van der Waals surface area contributed by atoms with Gasteiger partial charge in [0, 0.05) is 69.3 Å². The Morgan fingerprint density at radius 1 is 1.09 bits per heavy atom. The zero-order chi connectivity index (χ0) is 21.9. The molecule has 8 heteroatoms. The minimum Gasteiger partial charge on any atom is -0.459 e. The summed E-state index contributed by atoms with van der Waals surface area (Å²) in [4.78, 5) is 33.4. The monoisotopic (exact) mass is 432 g/mol. The van der Waals surface area contributed by atoms with E-state index in [-0.39, 0.29) is 11.8 Å². The van der Waals surface area contributed by atoms with E-state index in [1.165, 1.54) is 0 Å². The third kappa shape index (κ3) is 4.23. The Bertz CT molecular complexity index is 1050. The van der Waals surface area contributed by atoms with E-state index in [1.807, 2.05) is 23.2 Å². The smallest absolute Gasteiger partial charge is 0.289 e. The number of anilines is 1. The van der Waals surface area contributed by atoms with Crippen molar-refractivity contribution in [1.82, 2.24) is 24.8 Å². The molecule has 2 saturated heterocycles. The molecule has 0 saturated carbocycles. The maximum Gasteiger partial charge on any atom is 0.289 e. The van der Waals surface area contributed by atoms with Crippen LogP contribution in [-0.4, -0.2) is 77.0 Å². The number of pyridine rings is 1. The fourth-order valence-corrected chi connectivity index (χ4v) is 4.55. The van der Waals surface area contributed by atoms with Crippen LogP contribution in [0.2, 0.25) is 0 Å². The fraction of sp³-hybridized carbons (Fsp3) is 0.417. The lowest BCUT2D eigenvalue weighted by atomic mass is 9.90. The molecule has 0 aliphatic carbocycles. The SMILES string of the molecule is CN1CCN(c2ncc(-c3ccncc3)c(C3CCCN(C(=O)c4ccco4)C3)n2)CC1. The molecule has 8 nitrogen and oxygen atoms in total. The van der Waals surface area contributed by atoms with Crippen molar-refractivity contribution >= 4 is 11.9 Å². The van der Waals surface area contributed by atoms with Gasteiger partial charge in [0.05, 0.1) is 12.0 Å². The maximum atomic E-state index is 12.9. The molecule has 1 amide bonds. The number of nitrogens with zero attached hydrogens (tertiary/aromatic N) is 6. The van der Waals surface area contributed by atoms with Crippen LogP contribution in [-0.2, 0) is 0 Å². The highest BCUT2D eigenvalue weighted by Gasteiger charge is 2.30. The van der Waals surface area contributed by atoms with Gasteiger partial charge < -0.3 is 19.1 Å². The van der Waals surface area contributed by atoms with E-state index >= 15 is 0 Å². The standard InChI is InChI=1S/C24H28N6O2/c1-28-11-13-29(14-12-28)24-26-16-20(18-6-8-25-9-7-18)22(27-24)19-4-2-10-30(17-19)23(31)21-5-3-15-32-21/h3,5-9,15-16,19H,2,4,10-14,17H2,1H3. The summed E-state index contributed by atoms with van der Waals surface area (Å²) in [7, 11) is 2.14. The van der Waals surface area contributed by atoms with Gasteiger partial charge >= 0.3 is 0 Å². The van der Waals surface area contributed by atoms with Crippen LogP contribution in [0.5, 0.6) is 0 Å². The van der Waals surface area contributed by atoms with E-state index in [0.717, 1.165) is 68.3 Å². The van der Waals surface area contributed by atoms with Gasteiger partial charge in [-0.15, -0.1) is 0 Å². The van der Waals surface area contributed by atoms with Crippen LogP contribution in [0.25, 0.3) is 11.1 Å². The molecule has 0 radical (unpaired) electrons. The summed E-state index contributed by atoms with van der Waals surface area (Å²) in [6, 6.07) is 7.46. The second kappa shape index (κ2) is 9.08. The van der Waals surface area contributed by atoms with Crippen molar-refractivity contribution in [3.8, 4) is 11.1 Å². The molecule has 166 valence electrons. The third-order valence-electron chi connectivity index (χ3n) is 6.41. The predicted molar refractivity (Wildman–Crippen MR) is 122 cm³/mol. The molecule has 0 N–H and O–H groups in total. The summed E-state index contributed by atoms with van der Waals surface area (Å²) in [6.45, 7) is 5.18. The fourth-order valence-electron chi connectivity index (χ4n) is 4.55. The topological polar surface area (TPSA) is 78.6 Å². The van der Waals surface area contributed by atoms with Crippen LogP contribution in [0.1, 0.15) is 35.0 Å². The predicted octanol–water partition coefficient (Wildman–Crippen LogP) is 2.90. The van der Waals surface area contributed by atoms with Gasteiger partial charge in [-0.1, -0.05) is 0 Å². The summed E-state index contributed by atoms with van der Waals surface area (Å²) in [5, 5.41) is 0. The van der Waals surface area contributed by atoms with Crippen LogP contribution < -0.4 is 4.90 Å². The van der Waals surface area contributed by atoms with Crippen LogP contribution in [0.4, 0.5) is 5.95 Å². The number of likely N-dealkylation sites (N-methyl/N-ethyl adjacent to an activating group) is 1. The molecule has 5 heterocycles. The lowest BCUT2D eigenvalue weighted by molar-refractivity contribution is 0.0674. The molecule has 0 spiro atoms. The molecule has 3 aromatic rings. The summed E-state index contributed by atoms with van der Waals surface area (Å²) >= 11 is 0. The van der Waals surface area contributed by atoms with Crippen molar-refractivity contribution in [3.63, 3.8) is 0 Å². The van der Waals surface area contributed by atoms with E-state index in [4.69, 9.17) is 14.4 Å². The van der Waals surface area contributed by atoms with Crippen molar-refractivity contribution in [2.75, 3.05) is 51.2 Å². The van der Waals surface area contributed by atoms with E-state index in [1.54, 1.807) is 30.8 Å². The van der Waals surface area contributed by atoms with Gasteiger partial charge in [0.15, 0.2) is 5.76 Å². The Morgan fingerprint density at radius 3 is 2.66 bits per heavy atom. The Kier molecular flexibility index (Phi) is 5.85. The number of hydrogen-bond donors (Lipinski definition) is 0. The number of carbonyl (C=O) groups excluding carboxylic acids is 1. The Labute approximate surface area is 187 Å². The van der Waals surface area contributed by atoms with Gasteiger partial charge in [-0.3, -0.25) is 9.78 Å². The van der Waals surface area contributed by atoms with Gasteiger partial charge in [0.1, 0.15) is 0 Å². The molecular formula is C24H28N6O2. The molecule has 32 heavy (non-hydrogen) atoms. The quantitative estimate of drug-likeness (QED) is 0.627. The lowest BCUT2D eigenvalue weighted by Crippen LogP contribution is -2.45. The molecule has 2 aliphatic rings. The molecule has 2 fully saturated rings. The average molecular weight is 433 g/mol. The van der Waals surface area contributed by atoms with Gasteiger partial charge in [-0.25, -0.2) is 9.97 Å². The molecule has 3 aromatic heterocycles. The third-order valence-corrected chi connectivity index (χ3v) is 6.41. The zero-order valence-electron chi connectivity index (χ0n) is 18.4. The van der Waals surface area contributed by atoms with E-state index in [0.29, 0.717) is 12.3 Å². The normalized spacial score (nSPS) is 19.8. The molecule has 0 bridgehead atoms. The number of piperazine rings is 1. The van der Waals surface area contributed by atoms with Crippen LogP contribution in [0.15, 0.2) is 53.5 Å². The second-order valence-corrected chi connectivity index (χ2v) is 8.56. The van der Waals surface area contributed by atoms with Gasteiger partial charge in [-0.2, -0.15) is 0 Å². The highest BCUT2D eigenvalue weighted by Crippen LogP contribution is 2.34. The van der Waals surface area contributed by atoms with Crippen molar-refractivity contribution in [1.29, 1.82) is 0 Å². The summed E-state index contributed by atoms with van der Waals surface area (Å²) in [5.41, 5.74) is 3.08. The lowest BCUT2D eigenvalue weighted by Gasteiger charge is -2.35. The number of aromatic nitrogens is 3. The first kappa shape index (κ1) is 20.6. The number of hydrogen-bond acceptors (Lipinski definition) is 7. The minimum absolute atomic E-state index is 0.0569. The van der Waals surface area contributed by atoms with Crippen molar-refractivity contribution in [2.45, 2.75) is 18.8 Å². The van der Waals surface area contributed by atoms with Crippen LogP contribution >= 0.6 is 0 Å². The number of piperidine rings is 1. The average Bonchev–Trinajstić information content (AvgIpc) is 3.39. The van der Waals surface area contributed by atoms with Crippen molar-refractivity contribution in [2.24, 2.45) is 0 Å². The van der Waals surface area contributed by atoms with E-state index in [9.17, 15) is 4.79 Å². The molecular weight excluding hydrogens is 404 g/mol. The molecule has 1 atom stereocenters. The van der Waals surface area contributed by atoms with Gasteiger partial charge in [-0.05, 0) is 49.7 Å². The highest BCUT2D eigenvalue weighted by molar-refractivity contribution is 5.91. The Morgan fingerprint density at radius 2 is 1.91 bits per heavy atom. The largest absolute Gasteiger partial charge is 0.459 e. The van der Waals surface area contributed by atoms with E-state index in [2.05, 4.69) is 21.8 Å². The van der Waals surface area contributed by atoms with Crippen molar-refractivity contribution < 1.29 is 9.21 Å². The number of rotatable bonds is 4. The molecule has 1 unspecified atom stereocenters. The van der Waals surface area contributed by atoms with Gasteiger partial charge in [0.2, 0.25) is 5.95 Å². The number of carbonyl (C=O) groups is 1. The number of furan rings is 1. The first-order chi connectivity index (χ1) is 15.7. The molecule has 5 rings (SSSR count). The number of amides is 1. The van der Waals surface area contributed by atoms with Gasteiger partial charge in [0.25, 0.3) is 5.91 Å². The Balaban J connectivity index is 1.47. The second-order valence-electron chi connectivity index (χ2n) is 8.56. The molecule has 0 aromatic carbocycles. The molecule has 2 aliphatic heterocycles. The zero-order valence-corrected chi connectivity index (χ0v) is 18.4. The summed E-state index contributed by atoms with van der Waals surface area (Å²) in [5.74, 6) is 1.25. The maximum absolute atomic E-state index is 12.9. The van der Waals surface area contributed by atoms with E-state index < -0.39 is 0 Å². The first-order valence-electron chi connectivity index (χ1n) is 11.2. The first-order valence-corrected chi connectivity index (χ1v) is 11.2. The Hall–Kier alpha value is -3.26. The minimum atomic E-state index is -0.0569.